The van der Waals surface area contributed by atoms with Gasteiger partial charge in [0.2, 0.25) is 0 Å². The zero-order valence-corrected chi connectivity index (χ0v) is 20.7. The number of para-hydroxylation sites is 1. The Balaban J connectivity index is 1.14. The average molecular weight is 482 g/mol. The van der Waals surface area contributed by atoms with E-state index in [1.54, 1.807) is 15.3 Å². The van der Waals surface area contributed by atoms with Crippen molar-refractivity contribution in [2.75, 3.05) is 31.1 Å². The number of amides is 1. The van der Waals surface area contributed by atoms with E-state index in [1.165, 1.54) is 11.3 Å². The van der Waals surface area contributed by atoms with Crippen molar-refractivity contribution in [2.45, 2.75) is 39.2 Å². The quantitative estimate of drug-likeness (QED) is 0.446. The lowest BCUT2D eigenvalue weighted by Crippen LogP contribution is -2.49. The molecule has 0 radical (unpaired) electrons. The number of carbonyl (C=O) groups excluding carboxylic acids is 1. The van der Waals surface area contributed by atoms with Crippen molar-refractivity contribution in [1.29, 1.82) is 0 Å². The average Bonchev–Trinajstić information content (AvgIpc) is 3.30. The molecule has 6 rings (SSSR count). The highest BCUT2D eigenvalue weighted by atomic mass is 16.2. The summed E-state index contributed by atoms with van der Waals surface area (Å²) in [6.45, 7) is 5.68. The summed E-state index contributed by atoms with van der Waals surface area (Å²) in [6.07, 6.45) is 7.81. The van der Waals surface area contributed by atoms with Gasteiger partial charge in [-0.15, -0.1) is 0 Å². The van der Waals surface area contributed by atoms with E-state index < -0.39 is 0 Å². The molecule has 0 unspecified atom stereocenters. The van der Waals surface area contributed by atoms with Gasteiger partial charge in [-0.2, -0.15) is 5.10 Å². The summed E-state index contributed by atoms with van der Waals surface area (Å²) in [4.78, 5) is 30.7. The molecule has 3 heterocycles. The maximum Gasteiger partial charge on any atom is 0.277 e. The monoisotopic (exact) mass is 481 g/mol. The first-order valence-electron chi connectivity index (χ1n) is 12.9. The summed E-state index contributed by atoms with van der Waals surface area (Å²) in [5, 5.41) is 4.62. The van der Waals surface area contributed by atoms with E-state index in [2.05, 4.69) is 41.2 Å². The Bertz CT molecular complexity index is 1480. The van der Waals surface area contributed by atoms with E-state index in [0.717, 1.165) is 55.6 Å². The number of aryl methyl sites for hydroxylation is 3. The fourth-order valence-corrected chi connectivity index (χ4v) is 5.58. The van der Waals surface area contributed by atoms with Gasteiger partial charge in [-0.25, -0.2) is 4.52 Å². The largest absolute Gasteiger partial charge is 0.368 e. The van der Waals surface area contributed by atoms with Gasteiger partial charge in [-0.1, -0.05) is 30.3 Å². The van der Waals surface area contributed by atoms with Crippen LogP contribution in [0.25, 0.3) is 5.52 Å². The third-order valence-electron chi connectivity index (χ3n) is 7.61. The number of anilines is 1. The first kappa shape index (κ1) is 22.6. The predicted octanol–water partition coefficient (Wildman–Crippen LogP) is 3.69. The van der Waals surface area contributed by atoms with Gasteiger partial charge in [0, 0.05) is 55.4 Å². The second kappa shape index (κ2) is 9.30. The van der Waals surface area contributed by atoms with Gasteiger partial charge < -0.3 is 14.4 Å². The normalized spacial score (nSPS) is 15.8. The van der Waals surface area contributed by atoms with Crippen LogP contribution >= 0.6 is 0 Å². The Hall–Kier alpha value is -3.87. The summed E-state index contributed by atoms with van der Waals surface area (Å²) in [7, 11) is 0. The zero-order valence-electron chi connectivity index (χ0n) is 20.7. The smallest absolute Gasteiger partial charge is 0.277 e. The molecule has 4 aromatic rings. The topological polar surface area (TPSA) is 62.9 Å². The Kier molecular flexibility index (Phi) is 5.83. The Morgan fingerprint density at radius 3 is 2.44 bits per heavy atom. The molecule has 7 heteroatoms. The van der Waals surface area contributed by atoms with Crippen LogP contribution in [0.1, 0.15) is 45.6 Å². The molecule has 0 bridgehead atoms. The fourth-order valence-electron chi connectivity index (χ4n) is 5.58. The Morgan fingerprint density at radius 2 is 1.67 bits per heavy atom. The van der Waals surface area contributed by atoms with Crippen LogP contribution in [0.15, 0.2) is 65.7 Å². The minimum absolute atomic E-state index is 0.000160. The lowest BCUT2D eigenvalue weighted by atomic mass is 9.97. The van der Waals surface area contributed by atoms with Crippen molar-refractivity contribution in [3.63, 3.8) is 0 Å². The molecular weight excluding hydrogens is 450 g/mol. The number of aromatic nitrogens is 3. The van der Waals surface area contributed by atoms with Crippen LogP contribution in [0.5, 0.6) is 0 Å². The summed E-state index contributed by atoms with van der Waals surface area (Å²) < 4.78 is 3.49. The van der Waals surface area contributed by atoms with E-state index in [0.29, 0.717) is 30.7 Å². The van der Waals surface area contributed by atoms with Crippen LogP contribution in [0.3, 0.4) is 0 Å². The van der Waals surface area contributed by atoms with Gasteiger partial charge in [0.05, 0.1) is 12.2 Å². The number of rotatable bonds is 4. The Morgan fingerprint density at radius 1 is 0.917 bits per heavy atom. The standard InChI is InChI=1S/C29H31N5O2/c1-21-6-2-5-9-26(21)31-14-16-32(17-15-31)28(35)23-12-10-22(11-13-23)20-33-18-19-34-27(29(33)36)24-7-3-4-8-25(24)30-34/h2,5-6,9-13,18-19H,3-4,7-8,14-17,20H2,1H3. The van der Waals surface area contributed by atoms with Crippen molar-refractivity contribution in [3.05, 3.63) is 99.2 Å². The number of benzene rings is 2. The van der Waals surface area contributed by atoms with E-state index in [9.17, 15) is 9.59 Å². The molecule has 1 amide bonds. The molecule has 2 aromatic carbocycles. The number of carbonyl (C=O) groups is 1. The molecule has 7 nitrogen and oxygen atoms in total. The SMILES string of the molecule is Cc1ccccc1N1CCN(C(=O)c2ccc(Cn3ccn4nc5c(c4c3=O)CCCC5)cc2)CC1. The molecule has 0 spiro atoms. The number of nitrogens with zero attached hydrogens (tertiary/aromatic N) is 5. The highest BCUT2D eigenvalue weighted by molar-refractivity contribution is 5.94. The minimum atomic E-state index is -0.000160. The van der Waals surface area contributed by atoms with Gasteiger partial charge >= 0.3 is 0 Å². The highest BCUT2D eigenvalue weighted by Crippen LogP contribution is 2.23. The van der Waals surface area contributed by atoms with Gasteiger partial charge in [0.25, 0.3) is 11.5 Å². The predicted molar refractivity (Wildman–Crippen MR) is 141 cm³/mol. The highest BCUT2D eigenvalue weighted by Gasteiger charge is 2.23. The van der Waals surface area contributed by atoms with E-state index in [4.69, 9.17) is 0 Å². The van der Waals surface area contributed by atoms with Crippen molar-refractivity contribution < 1.29 is 4.79 Å². The number of fused-ring (bicyclic) bond motifs is 3. The molecule has 2 aliphatic rings. The second-order valence-electron chi connectivity index (χ2n) is 9.92. The summed E-state index contributed by atoms with van der Waals surface area (Å²) in [5.74, 6) is 0.0652. The van der Waals surface area contributed by atoms with Gasteiger partial charge in [-0.05, 0) is 61.9 Å². The third-order valence-corrected chi connectivity index (χ3v) is 7.61. The molecule has 1 fully saturated rings. The zero-order chi connectivity index (χ0) is 24.6. The van der Waals surface area contributed by atoms with E-state index in [1.807, 2.05) is 35.4 Å². The molecular formula is C29H31N5O2. The summed E-state index contributed by atoms with van der Waals surface area (Å²) in [5.41, 5.74) is 7.09. The maximum atomic E-state index is 13.2. The molecule has 36 heavy (non-hydrogen) atoms. The summed E-state index contributed by atoms with van der Waals surface area (Å²) >= 11 is 0. The van der Waals surface area contributed by atoms with Crippen LogP contribution in [0, 0.1) is 6.92 Å². The number of piperazine rings is 1. The van der Waals surface area contributed by atoms with E-state index in [-0.39, 0.29) is 11.5 Å². The van der Waals surface area contributed by atoms with Gasteiger partial charge in [0.1, 0.15) is 5.52 Å². The van der Waals surface area contributed by atoms with Gasteiger partial charge in [0.15, 0.2) is 0 Å². The molecule has 1 saturated heterocycles. The van der Waals surface area contributed by atoms with Crippen LogP contribution < -0.4 is 10.5 Å². The molecule has 2 aromatic heterocycles. The van der Waals surface area contributed by atoms with Crippen molar-refractivity contribution in [2.24, 2.45) is 0 Å². The lowest BCUT2D eigenvalue weighted by Gasteiger charge is -2.36. The van der Waals surface area contributed by atoms with Crippen LogP contribution in [-0.2, 0) is 19.4 Å². The first-order chi connectivity index (χ1) is 17.6. The maximum absolute atomic E-state index is 13.2. The van der Waals surface area contributed by atoms with Crippen LogP contribution in [-0.4, -0.2) is 51.2 Å². The van der Waals surface area contributed by atoms with Crippen molar-refractivity contribution in [3.8, 4) is 0 Å². The number of hydrogen-bond acceptors (Lipinski definition) is 4. The van der Waals surface area contributed by atoms with Crippen LogP contribution in [0.4, 0.5) is 5.69 Å². The molecule has 0 N–H and O–H groups in total. The van der Waals surface area contributed by atoms with Crippen molar-refractivity contribution >= 4 is 17.1 Å². The molecule has 0 atom stereocenters. The van der Waals surface area contributed by atoms with Crippen LogP contribution in [0.2, 0.25) is 0 Å². The minimum Gasteiger partial charge on any atom is -0.368 e. The third kappa shape index (κ3) is 4.08. The summed E-state index contributed by atoms with van der Waals surface area (Å²) in [6, 6.07) is 16.1. The van der Waals surface area contributed by atoms with E-state index >= 15 is 0 Å². The first-order valence-corrected chi connectivity index (χ1v) is 12.9. The number of hydrogen-bond donors (Lipinski definition) is 0. The Labute approximate surface area is 210 Å². The molecule has 184 valence electrons. The molecule has 1 aliphatic carbocycles. The van der Waals surface area contributed by atoms with Crippen molar-refractivity contribution in [1.82, 2.24) is 19.1 Å². The second-order valence-corrected chi connectivity index (χ2v) is 9.92. The molecule has 1 aliphatic heterocycles. The lowest BCUT2D eigenvalue weighted by molar-refractivity contribution is 0.0747. The molecule has 0 saturated carbocycles. The van der Waals surface area contributed by atoms with Gasteiger partial charge in [-0.3, -0.25) is 9.59 Å². The fraction of sp³-hybridized carbons (Fsp3) is 0.345.